The van der Waals surface area contributed by atoms with E-state index in [0.29, 0.717) is 5.88 Å². The van der Waals surface area contributed by atoms with Gasteiger partial charge in [-0.2, -0.15) is 0 Å². The first-order valence-electron chi connectivity index (χ1n) is 9.77. The Bertz CT molecular complexity index is 975. The lowest BCUT2D eigenvalue weighted by molar-refractivity contribution is 0.344. The van der Waals surface area contributed by atoms with E-state index in [1.165, 1.54) is 16.7 Å². The van der Waals surface area contributed by atoms with E-state index in [0.717, 1.165) is 29.9 Å². The summed E-state index contributed by atoms with van der Waals surface area (Å²) in [5.74, 6) is 2.17. The minimum absolute atomic E-state index is 0.0953. The quantitative estimate of drug-likeness (QED) is 0.681. The van der Waals surface area contributed by atoms with Gasteiger partial charge in [-0.3, -0.25) is 0 Å². The summed E-state index contributed by atoms with van der Waals surface area (Å²) in [4.78, 5) is 4.39. The zero-order chi connectivity index (χ0) is 20.2. The molecule has 2 atom stereocenters. The van der Waals surface area contributed by atoms with Crippen LogP contribution in [0.3, 0.4) is 0 Å². The predicted molar refractivity (Wildman–Crippen MR) is 113 cm³/mol. The smallest absolute Gasteiger partial charge is 0.217 e. The van der Waals surface area contributed by atoms with Crippen molar-refractivity contribution in [3.8, 4) is 17.4 Å². The van der Waals surface area contributed by atoms with E-state index in [-0.39, 0.29) is 12.1 Å². The minimum atomic E-state index is 0.0953. The van der Waals surface area contributed by atoms with Crippen molar-refractivity contribution in [2.24, 2.45) is 0 Å². The molecule has 2 aromatic carbocycles. The number of aromatic nitrogens is 1. The molecule has 0 saturated carbocycles. The predicted octanol–water partition coefficient (Wildman–Crippen LogP) is 4.28. The molecule has 0 saturated heterocycles. The van der Waals surface area contributed by atoms with Crippen LogP contribution in [-0.4, -0.2) is 26.3 Å². The highest BCUT2D eigenvalue weighted by molar-refractivity contribution is 5.51. The van der Waals surface area contributed by atoms with Gasteiger partial charge in [0.05, 0.1) is 21.3 Å². The largest absolute Gasteiger partial charge is 0.493 e. The summed E-state index contributed by atoms with van der Waals surface area (Å²) in [6.45, 7) is 0. The van der Waals surface area contributed by atoms with Crippen LogP contribution < -0.4 is 19.5 Å². The number of hydrogen-bond acceptors (Lipinski definition) is 5. The molecule has 3 aromatic rings. The third-order valence-electron chi connectivity index (χ3n) is 5.50. The second kappa shape index (κ2) is 8.53. The molecule has 5 nitrogen and oxygen atoms in total. The molecule has 0 radical (unpaired) electrons. The van der Waals surface area contributed by atoms with Crippen molar-refractivity contribution in [2.45, 2.75) is 24.9 Å². The average molecular weight is 390 g/mol. The van der Waals surface area contributed by atoms with Crippen LogP contribution >= 0.6 is 0 Å². The average Bonchev–Trinajstić information content (AvgIpc) is 2.78. The van der Waals surface area contributed by atoms with Crippen LogP contribution in [0.2, 0.25) is 0 Å². The standard InChI is InChI=1S/C24H26N2O3/c1-27-22-14-17-13-21(18-10-7-11-25-24(18)29-3)26-20(19(17)15-23(22)28-2)12-16-8-5-4-6-9-16/h4-11,14-15,20-21,26H,12-13H2,1-3H3/t20-,21-/m1/s1. The number of nitrogens with zero attached hydrogens (tertiary/aromatic N) is 1. The summed E-state index contributed by atoms with van der Waals surface area (Å²) >= 11 is 0. The molecule has 0 unspecified atom stereocenters. The molecule has 1 N–H and O–H groups in total. The molecule has 0 aliphatic carbocycles. The van der Waals surface area contributed by atoms with Crippen molar-refractivity contribution in [3.63, 3.8) is 0 Å². The fourth-order valence-electron chi connectivity index (χ4n) is 4.11. The lowest BCUT2D eigenvalue weighted by Gasteiger charge is -2.34. The third kappa shape index (κ3) is 3.91. The van der Waals surface area contributed by atoms with Gasteiger partial charge in [0.15, 0.2) is 11.5 Å². The Morgan fingerprint density at radius 3 is 2.38 bits per heavy atom. The summed E-state index contributed by atoms with van der Waals surface area (Å²) in [5, 5.41) is 3.82. The third-order valence-corrected chi connectivity index (χ3v) is 5.50. The second-order valence-corrected chi connectivity index (χ2v) is 7.17. The van der Waals surface area contributed by atoms with E-state index in [4.69, 9.17) is 14.2 Å². The molecule has 1 aromatic heterocycles. The monoisotopic (exact) mass is 390 g/mol. The number of rotatable bonds is 6. The van der Waals surface area contributed by atoms with Crippen LogP contribution in [0.15, 0.2) is 60.8 Å². The Balaban J connectivity index is 1.77. The summed E-state index contributed by atoms with van der Waals surface area (Å²) in [5.41, 5.74) is 4.84. The minimum Gasteiger partial charge on any atom is -0.493 e. The maximum absolute atomic E-state index is 5.57. The molecule has 29 heavy (non-hydrogen) atoms. The highest BCUT2D eigenvalue weighted by atomic mass is 16.5. The van der Waals surface area contributed by atoms with Crippen LogP contribution in [0.1, 0.15) is 34.3 Å². The number of benzene rings is 2. The maximum atomic E-state index is 5.57. The van der Waals surface area contributed by atoms with Gasteiger partial charge in [-0.15, -0.1) is 0 Å². The van der Waals surface area contributed by atoms with Crippen LogP contribution in [0.5, 0.6) is 17.4 Å². The molecule has 5 heteroatoms. The van der Waals surface area contributed by atoms with Gasteiger partial charge >= 0.3 is 0 Å². The molecule has 4 rings (SSSR count). The van der Waals surface area contributed by atoms with Crippen molar-refractivity contribution in [1.29, 1.82) is 0 Å². The second-order valence-electron chi connectivity index (χ2n) is 7.17. The Kier molecular flexibility index (Phi) is 5.67. The Hall–Kier alpha value is -3.05. The van der Waals surface area contributed by atoms with Crippen molar-refractivity contribution in [3.05, 3.63) is 83.0 Å². The van der Waals surface area contributed by atoms with E-state index < -0.39 is 0 Å². The first-order chi connectivity index (χ1) is 14.2. The van der Waals surface area contributed by atoms with E-state index in [2.05, 4.69) is 52.8 Å². The van der Waals surface area contributed by atoms with Gasteiger partial charge in [0.2, 0.25) is 5.88 Å². The van der Waals surface area contributed by atoms with Gasteiger partial charge in [-0.25, -0.2) is 4.98 Å². The van der Waals surface area contributed by atoms with Crippen molar-refractivity contribution < 1.29 is 14.2 Å². The van der Waals surface area contributed by atoms with Crippen LogP contribution in [0.25, 0.3) is 0 Å². The van der Waals surface area contributed by atoms with Crippen LogP contribution in [-0.2, 0) is 12.8 Å². The molecular formula is C24H26N2O3. The normalized spacial score (nSPS) is 18.0. The summed E-state index contributed by atoms with van der Waals surface area (Å²) in [6.07, 6.45) is 3.46. The number of fused-ring (bicyclic) bond motifs is 1. The molecule has 150 valence electrons. The maximum Gasteiger partial charge on any atom is 0.217 e. The van der Waals surface area contributed by atoms with E-state index in [1.54, 1.807) is 27.5 Å². The molecule has 0 bridgehead atoms. The Labute approximate surface area is 171 Å². The zero-order valence-corrected chi connectivity index (χ0v) is 17.0. The Morgan fingerprint density at radius 2 is 1.66 bits per heavy atom. The number of hydrogen-bond donors (Lipinski definition) is 1. The fraction of sp³-hybridized carbons (Fsp3) is 0.292. The topological polar surface area (TPSA) is 52.6 Å². The molecule has 0 spiro atoms. The number of methoxy groups -OCH3 is 3. The van der Waals surface area contributed by atoms with Crippen molar-refractivity contribution in [1.82, 2.24) is 10.3 Å². The van der Waals surface area contributed by atoms with E-state index in [9.17, 15) is 0 Å². The summed E-state index contributed by atoms with van der Waals surface area (Å²) in [6, 6.07) is 19.0. The molecule has 1 aliphatic rings. The first-order valence-corrected chi connectivity index (χ1v) is 9.77. The molecule has 2 heterocycles. The number of nitrogens with one attached hydrogen (secondary N) is 1. The first kappa shape index (κ1) is 19.3. The number of ether oxygens (including phenoxy) is 3. The SMILES string of the molecule is COc1cc2c(cc1OC)[C@@H](Cc1ccccc1)N[C@@H](c1cccnc1OC)C2. The fourth-order valence-corrected chi connectivity index (χ4v) is 4.11. The van der Waals surface area contributed by atoms with Crippen LogP contribution in [0, 0.1) is 0 Å². The van der Waals surface area contributed by atoms with Crippen LogP contribution in [0.4, 0.5) is 0 Å². The highest BCUT2D eigenvalue weighted by Crippen LogP contribution is 2.41. The molecular weight excluding hydrogens is 364 g/mol. The zero-order valence-electron chi connectivity index (χ0n) is 17.0. The molecule has 0 fully saturated rings. The lowest BCUT2D eigenvalue weighted by atomic mass is 9.84. The van der Waals surface area contributed by atoms with Gasteiger partial charge in [0, 0.05) is 23.8 Å². The van der Waals surface area contributed by atoms with Gasteiger partial charge in [-0.05, 0) is 47.7 Å². The van der Waals surface area contributed by atoms with Gasteiger partial charge in [0.25, 0.3) is 0 Å². The van der Waals surface area contributed by atoms with E-state index >= 15 is 0 Å². The number of pyridine rings is 1. The molecule has 1 aliphatic heterocycles. The lowest BCUT2D eigenvalue weighted by Crippen LogP contribution is -2.35. The Morgan fingerprint density at radius 1 is 0.897 bits per heavy atom. The van der Waals surface area contributed by atoms with E-state index in [1.807, 2.05) is 12.1 Å². The van der Waals surface area contributed by atoms with Crippen molar-refractivity contribution >= 4 is 0 Å². The van der Waals surface area contributed by atoms with Crippen molar-refractivity contribution in [2.75, 3.05) is 21.3 Å². The highest BCUT2D eigenvalue weighted by Gasteiger charge is 2.30. The summed E-state index contributed by atoms with van der Waals surface area (Å²) < 4.78 is 16.7. The summed E-state index contributed by atoms with van der Waals surface area (Å²) in [7, 11) is 5.02. The van der Waals surface area contributed by atoms with Gasteiger partial charge in [0.1, 0.15) is 0 Å². The molecule has 0 amide bonds. The van der Waals surface area contributed by atoms with Gasteiger partial charge in [-0.1, -0.05) is 36.4 Å². The van der Waals surface area contributed by atoms with Gasteiger partial charge < -0.3 is 19.5 Å².